The van der Waals surface area contributed by atoms with E-state index < -0.39 is 0 Å². The summed E-state index contributed by atoms with van der Waals surface area (Å²) in [6.45, 7) is 3.21. The van der Waals surface area contributed by atoms with Gasteiger partial charge in [-0.1, -0.05) is 49.9 Å². The van der Waals surface area contributed by atoms with Crippen molar-refractivity contribution in [1.82, 2.24) is 4.57 Å². The largest absolute Gasteiger partial charge is 0.497 e. The van der Waals surface area contributed by atoms with E-state index in [0.29, 0.717) is 0 Å². The average molecular weight is 401 g/mol. The van der Waals surface area contributed by atoms with E-state index in [1.54, 1.807) is 18.4 Å². The lowest BCUT2D eigenvalue weighted by Gasteiger charge is -2.09. The van der Waals surface area contributed by atoms with Gasteiger partial charge in [0.1, 0.15) is 5.75 Å². The van der Waals surface area contributed by atoms with Crippen LogP contribution in [0.3, 0.4) is 0 Å². The second-order valence-electron chi connectivity index (χ2n) is 6.43. The first-order valence-electron chi connectivity index (χ1n) is 9.34. The van der Waals surface area contributed by atoms with Crippen molar-refractivity contribution in [1.29, 1.82) is 0 Å². The molecule has 27 heavy (non-hydrogen) atoms. The molecule has 0 aliphatic heterocycles. The summed E-state index contributed by atoms with van der Waals surface area (Å²) in [4.78, 5) is 5.89. The van der Waals surface area contributed by atoms with E-state index in [9.17, 15) is 0 Å². The maximum Gasteiger partial charge on any atom is 0.190 e. The fourth-order valence-corrected chi connectivity index (χ4v) is 4.03. The standard InChI is InChI=1S/C22H25ClN2OS/c1-3-4-5-6-15-25-21(17-7-9-18(23)10-8-17)16-27-22(25)24-19-11-13-20(26-2)14-12-19/h7-14,16H,3-6,15H2,1-2H3. The van der Waals surface area contributed by atoms with Gasteiger partial charge >= 0.3 is 0 Å². The lowest BCUT2D eigenvalue weighted by atomic mass is 10.1. The van der Waals surface area contributed by atoms with Crippen LogP contribution in [-0.4, -0.2) is 11.7 Å². The van der Waals surface area contributed by atoms with E-state index >= 15 is 0 Å². The summed E-state index contributed by atoms with van der Waals surface area (Å²) in [5.41, 5.74) is 3.30. The summed E-state index contributed by atoms with van der Waals surface area (Å²) in [6.07, 6.45) is 4.90. The van der Waals surface area contributed by atoms with E-state index in [2.05, 4.69) is 29.0 Å². The van der Waals surface area contributed by atoms with Gasteiger partial charge in [-0.25, -0.2) is 4.99 Å². The molecule has 1 aromatic heterocycles. The van der Waals surface area contributed by atoms with Gasteiger partial charge in [-0.05, 0) is 48.4 Å². The predicted molar refractivity (Wildman–Crippen MR) is 115 cm³/mol. The van der Waals surface area contributed by atoms with Gasteiger partial charge in [-0.15, -0.1) is 11.3 Å². The van der Waals surface area contributed by atoms with Gasteiger partial charge in [-0.2, -0.15) is 0 Å². The van der Waals surface area contributed by atoms with Gasteiger partial charge < -0.3 is 9.30 Å². The molecule has 0 saturated carbocycles. The van der Waals surface area contributed by atoms with Crippen LogP contribution in [0.15, 0.2) is 58.9 Å². The summed E-state index contributed by atoms with van der Waals surface area (Å²) in [5.74, 6) is 0.842. The summed E-state index contributed by atoms with van der Waals surface area (Å²) >= 11 is 7.74. The summed E-state index contributed by atoms with van der Waals surface area (Å²) in [7, 11) is 1.67. The molecule has 0 N–H and O–H groups in total. The second kappa shape index (κ2) is 9.77. The maximum absolute atomic E-state index is 6.06. The predicted octanol–water partition coefficient (Wildman–Crippen LogP) is 6.69. The fraction of sp³-hybridized carbons (Fsp3) is 0.318. The third-order valence-electron chi connectivity index (χ3n) is 4.47. The van der Waals surface area contributed by atoms with Crippen LogP contribution in [0, 0.1) is 0 Å². The summed E-state index contributed by atoms with van der Waals surface area (Å²) in [6, 6.07) is 15.9. The van der Waals surface area contributed by atoms with E-state index in [1.165, 1.54) is 30.5 Å². The first-order valence-corrected chi connectivity index (χ1v) is 10.6. The van der Waals surface area contributed by atoms with Gasteiger partial charge in [0, 0.05) is 16.9 Å². The van der Waals surface area contributed by atoms with Crippen molar-refractivity contribution in [3.8, 4) is 17.0 Å². The molecule has 3 aromatic rings. The van der Waals surface area contributed by atoms with Gasteiger partial charge in [0.2, 0.25) is 0 Å². The highest BCUT2D eigenvalue weighted by Crippen LogP contribution is 2.24. The molecular formula is C22H25ClN2OS. The second-order valence-corrected chi connectivity index (χ2v) is 7.71. The number of methoxy groups -OCH3 is 1. The van der Waals surface area contributed by atoms with Crippen LogP contribution in [0.25, 0.3) is 11.3 Å². The van der Waals surface area contributed by atoms with Crippen molar-refractivity contribution in [3.05, 3.63) is 63.7 Å². The molecule has 142 valence electrons. The van der Waals surface area contributed by atoms with Gasteiger partial charge in [-0.3, -0.25) is 0 Å². The molecule has 0 fully saturated rings. The summed E-state index contributed by atoms with van der Waals surface area (Å²) in [5, 5.41) is 2.94. The maximum atomic E-state index is 6.06. The Morgan fingerprint density at radius 3 is 2.41 bits per heavy atom. The number of thiazole rings is 1. The Hall–Kier alpha value is -2.04. The molecule has 1 heterocycles. The molecule has 0 bridgehead atoms. The molecular weight excluding hydrogens is 376 g/mol. The van der Waals surface area contributed by atoms with Crippen LogP contribution in [0.4, 0.5) is 5.69 Å². The zero-order chi connectivity index (χ0) is 19.1. The highest BCUT2D eigenvalue weighted by Gasteiger charge is 2.08. The number of hydrogen-bond acceptors (Lipinski definition) is 3. The SMILES string of the molecule is CCCCCCn1c(-c2ccc(Cl)cc2)csc1=Nc1ccc(OC)cc1. The number of rotatable bonds is 8. The zero-order valence-electron chi connectivity index (χ0n) is 15.8. The van der Waals surface area contributed by atoms with E-state index in [4.69, 9.17) is 21.3 Å². The highest BCUT2D eigenvalue weighted by atomic mass is 35.5. The van der Waals surface area contributed by atoms with E-state index in [-0.39, 0.29) is 0 Å². The topological polar surface area (TPSA) is 26.5 Å². The van der Waals surface area contributed by atoms with Crippen LogP contribution in [-0.2, 0) is 6.54 Å². The third-order valence-corrected chi connectivity index (χ3v) is 5.59. The van der Waals surface area contributed by atoms with Crippen molar-refractivity contribution in [2.75, 3.05) is 7.11 Å². The number of nitrogens with zero attached hydrogens (tertiary/aromatic N) is 2. The van der Waals surface area contributed by atoms with Crippen LogP contribution in [0.5, 0.6) is 5.75 Å². The number of unbranched alkanes of at least 4 members (excludes halogenated alkanes) is 3. The van der Waals surface area contributed by atoms with Crippen LogP contribution >= 0.6 is 22.9 Å². The van der Waals surface area contributed by atoms with E-state index in [0.717, 1.165) is 34.2 Å². The van der Waals surface area contributed by atoms with Crippen LogP contribution < -0.4 is 9.54 Å². The minimum atomic E-state index is 0.756. The third kappa shape index (κ3) is 5.24. The number of aromatic nitrogens is 1. The number of hydrogen-bond donors (Lipinski definition) is 0. The Morgan fingerprint density at radius 1 is 1.00 bits per heavy atom. The number of halogens is 1. The molecule has 0 atom stereocenters. The molecule has 5 heteroatoms. The molecule has 0 radical (unpaired) electrons. The molecule has 0 amide bonds. The zero-order valence-corrected chi connectivity index (χ0v) is 17.4. The number of ether oxygens (including phenoxy) is 1. The molecule has 2 aromatic carbocycles. The minimum Gasteiger partial charge on any atom is -0.497 e. The normalized spacial score (nSPS) is 11.7. The lowest BCUT2D eigenvalue weighted by Crippen LogP contribution is -2.16. The van der Waals surface area contributed by atoms with Crippen molar-refractivity contribution in [3.63, 3.8) is 0 Å². The average Bonchev–Trinajstić information content (AvgIpc) is 3.09. The Labute approximate surface area is 169 Å². The molecule has 0 unspecified atom stereocenters. The monoisotopic (exact) mass is 400 g/mol. The molecule has 3 nitrogen and oxygen atoms in total. The molecule has 0 aliphatic carbocycles. The number of benzene rings is 2. The Bertz CT molecular complexity index is 911. The first-order chi connectivity index (χ1) is 13.2. The Morgan fingerprint density at radius 2 is 1.74 bits per heavy atom. The quantitative estimate of drug-likeness (QED) is 0.387. The first kappa shape index (κ1) is 19.7. The van der Waals surface area contributed by atoms with Crippen molar-refractivity contribution < 1.29 is 4.74 Å². The molecule has 3 rings (SSSR count). The van der Waals surface area contributed by atoms with Crippen molar-refractivity contribution >= 4 is 28.6 Å². The summed E-state index contributed by atoms with van der Waals surface area (Å²) < 4.78 is 7.56. The van der Waals surface area contributed by atoms with Crippen molar-refractivity contribution in [2.24, 2.45) is 4.99 Å². The lowest BCUT2D eigenvalue weighted by molar-refractivity contribution is 0.415. The molecule has 0 spiro atoms. The fourth-order valence-electron chi connectivity index (χ4n) is 2.95. The van der Waals surface area contributed by atoms with Crippen LogP contribution in [0.2, 0.25) is 5.02 Å². The smallest absolute Gasteiger partial charge is 0.190 e. The molecule has 0 saturated heterocycles. The van der Waals surface area contributed by atoms with Gasteiger partial charge in [0.15, 0.2) is 4.80 Å². The Kier molecular flexibility index (Phi) is 7.13. The van der Waals surface area contributed by atoms with E-state index in [1.807, 2.05) is 36.4 Å². The van der Waals surface area contributed by atoms with Crippen molar-refractivity contribution in [2.45, 2.75) is 39.2 Å². The minimum absolute atomic E-state index is 0.756. The van der Waals surface area contributed by atoms with Gasteiger partial charge in [0.25, 0.3) is 0 Å². The van der Waals surface area contributed by atoms with Crippen LogP contribution in [0.1, 0.15) is 32.6 Å². The Balaban J connectivity index is 1.96. The molecule has 0 aliphatic rings. The highest BCUT2D eigenvalue weighted by molar-refractivity contribution is 7.07. The van der Waals surface area contributed by atoms with Gasteiger partial charge in [0.05, 0.1) is 18.5 Å².